The first-order chi connectivity index (χ1) is 14.0. The number of amides is 1. The van der Waals surface area contributed by atoms with Gasteiger partial charge in [0.15, 0.2) is 0 Å². The molecule has 0 saturated carbocycles. The van der Waals surface area contributed by atoms with Gasteiger partial charge in [-0.25, -0.2) is 4.79 Å². The molecule has 0 unspecified atom stereocenters. The molecule has 2 aromatic rings. The molecule has 0 spiro atoms. The summed E-state index contributed by atoms with van der Waals surface area (Å²) in [5.74, 6) is -0.111. The summed E-state index contributed by atoms with van der Waals surface area (Å²) in [7, 11) is 1.30. The lowest BCUT2D eigenvalue weighted by Gasteiger charge is -2.14. The van der Waals surface area contributed by atoms with Crippen LogP contribution < -0.4 is 4.74 Å². The lowest BCUT2D eigenvalue weighted by Crippen LogP contribution is -2.24. The van der Waals surface area contributed by atoms with Crippen LogP contribution in [0.5, 0.6) is 5.75 Å². The number of esters is 1. The summed E-state index contributed by atoms with van der Waals surface area (Å²) >= 11 is 0. The number of carbonyl (C=O) groups is 2. The van der Waals surface area contributed by atoms with Gasteiger partial charge in [0.05, 0.1) is 18.3 Å². The molecular weight excluding hydrogens is 366 g/mol. The highest BCUT2D eigenvalue weighted by Gasteiger charge is 2.36. The molecule has 1 amide bonds. The standard InChI is InChI=1S/C24H23NO4/c1-4-13-25-17(2)22(24(27)28-3)21(23(25)26)15-19-11-8-12-20(14-19)29-16-18-9-6-5-7-10-18/h4-12,14-15H,1,13,16H2,2-3H3/b21-15+. The molecule has 0 bridgehead atoms. The minimum Gasteiger partial charge on any atom is -0.489 e. The maximum absolute atomic E-state index is 12.9. The second-order valence-electron chi connectivity index (χ2n) is 6.56. The Hall–Kier alpha value is -3.60. The highest BCUT2D eigenvalue weighted by atomic mass is 16.5. The third kappa shape index (κ3) is 4.46. The lowest BCUT2D eigenvalue weighted by atomic mass is 10.0. The summed E-state index contributed by atoms with van der Waals surface area (Å²) in [6.45, 7) is 6.18. The first kappa shape index (κ1) is 20.1. The van der Waals surface area contributed by atoms with Crippen molar-refractivity contribution in [2.45, 2.75) is 13.5 Å². The SMILES string of the molecule is C=CCN1C(=O)/C(=C/c2cccc(OCc3ccccc3)c2)C(C(=O)OC)=C1C. The molecule has 0 radical (unpaired) electrons. The molecule has 5 heteroatoms. The molecule has 0 aliphatic carbocycles. The van der Waals surface area contributed by atoms with Gasteiger partial charge in [-0.2, -0.15) is 0 Å². The molecule has 1 heterocycles. The Kier molecular flexibility index (Phi) is 6.29. The number of benzene rings is 2. The van der Waals surface area contributed by atoms with Gasteiger partial charge < -0.3 is 14.4 Å². The van der Waals surface area contributed by atoms with E-state index < -0.39 is 5.97 Å². The Morgan fingerprint density at radius 2 is 1.90 bits per heavy atom. The quantitative estimate of drug-likeness (QED) is 0.406. The Labute approximate surface area is 170 Å². The number of carbonyl (C=O) groups excluding carboxylic acids is 2. The largest absolute Gasteiger partial charge is 0.489 e. The molecule has 0 atom stereocenters. The maximum atomic E-state index is 12.9. The van der Waals surface area contributed by atoms with Crippen LogP contribution in [0.1, 0.15) is 18.1 Å². The van der Waals surface area contributed by atoms with E-state index in [0.717, 1.165) is 11.1 Å². The van der Waals surface area contributed by atoms with Crippen LogP contribution in [0.3, 0.4) is 0 Å². The van der Waals surface area contributed by atoms with Crippen LogP contribution in [0.4, 0.5) is 0 Å². The second kappa shape index (κ2) is 9.06. The van der Waals surface area contributed by atoms with E-state index >= 15 is 0 Å². The van der Waals surface area contributed by atoms with Crippen molar-refractivity contribution >= 4 is 18.0 Å². The number of hydrogen-bond donors (Lipinski definition) is 0. The number of rotatable bonds is 7. The monoisotopic (exact) mass is 389 g/mol. The second-order valence-corrected chi connectivity index (χ2v) is 6.56. The molecule has 1 aliphatic heterocycles. The molecule has 0 N–H and O–H groups in total. The molecule has 148 valence electrons. The van der Waals surface area contributed by atoms with Gasteiger partial charge in [-0.15, -0.1) is 6.58 Å². The van der Waals surface area contributed by atoms with Gasteiger partial charge in [-0.1, -0.05) is 48.5 Å². The molecule has 0 saturated heterocycles. The number of hydrogen-bond acceptors (Lipinski definition) is 4. The predicted octanol–water partition coefficient (Wildman–Crippen LogP) is 4.12. The van der Waals surface area contributed by atoms with Crippen molar-refractivity contribution in [3.05, 3.63) is 95.2 Å². The highest BCUT2D eigenvalue weighted by molar-refractivity contribution is 6.16. The summed E-state index contributed by atoms with van der Waals surface area (Å²) in [5, 5.41) is 0. The van der Waals surface area contributed by atoms with E-state index in [0.29, 0.717) is 30.2 Å². The van der Waals surface area contributed by atoms with Gasteiger partial charge in [0.2, 0.25) is 0 Å². The van der Waals surface area contributed by atoms with Crippen molar-refractivity contribution in [2.24, 2.45) is 0 Å². The smallest absolute Gasteiger partial charge is 0.340 e. The number of methoxy groups -OCH3 is 1. The Morgan fingerprint density at radius 1 is 1.14 bits per heavy atom. The zero-order chi connectivity index (χ0) is 20.8. The minimum atomic E-state index is -0.537. The van der Waals surface area contributed by atoms with Crippen LogP contribution in [0.25, 0.3) is 6.08 Å². The molecule has 29 heavy (non-hydrogen) atoms. The Balaban J connectivity index is 1.88. The maximum Gasteiger partial charge on any atom is 0.340 e. The zero-order valence-electron chi connectivity index (χ0n) is 16.6. The fourth-order valence-corrected chi connectivity index (χ4v) is 3.18. The number of ether oxygens (including phenoxy) is 2. The Morgan fingerprint density at radius 3 is 2.59 bits per heavy atom. The first-order valence-corrected chi connectivity index (χ1v) is 9.26. The van der Waals surface area contributed by atoms with Gasteiger partial charge in [0.25, 0.3) is 5.91 Å². The number of nitrogens with zero attached hydrogens (tertiary/aromatic N) is 1. The number of allylic oxidation sites excluding steroid dienone is 1. The van der Waals surface area contributed by atoms with E-state index in [4.69, 9.17) is 9.47 Å². The van der Waals surface area contributed by atoms with E-state index in [2.05, 4.69) is 6.58 Å². The fraction of sp³-hybridized carbons (Fsp3) is 0.167. The molecule has 1 aliphatic rings. The molecule has 2 aromatic carbocycles. The minimum absolute atomic E-state index is 0.251. The topological polar surface area (TPSA) is 55.8 Å². The lowest BCUT2D eigenvalue weighted by molar-refractivity contribution is -0.136. The van der Waals surface area contributed by atoms with Gasteiger partial charge in [0.1, 0.15) is 12.4 Å². The van der Waals surface area contributed by atoms with Crippen molar-refractivity contribution in [1.82, 2.24) is 4.90 Å². The third-order valence-corrected chi connectivity index (χ3v) is 4.63. The van der Waals surface area contributed by atoms with Crippen molar-refractivity contribution in [2.75, 3.05) is 13.7 Å². The van der Waals surface area contributed by atoms with E-state index in [1.54, 1.807) is 19.1 Å². The van der Waals surface area contributed by atoms with Crippen LogP contribution in [-0.4, -0.2) is 30.4 Å². The van der Waals surface area contributed by atoms with E-state index in [9.17, 15) is 9.59 Å². The van der Waals surface area contributed by atoms with Crippen molar-refractivity contribution in [3.8, 4) is 5.75 Å². The fourth-order valence-electron chi connectivity index (χ4n) is 3.18. The van der Waals surface area contributed by atoms with E-state index in [-0.39, 0.29) is 11.5 Å². The molecular formula is C24H23NO4. The van der Waals surface area contributed by atoms with E-state index in [1.807, 2.05) is 54.6 Å². The van der Waals surface area contributed by atoms with Crippen LogP contribution >= 0.6 is 0 Å². The molecule has 3 rings (SSSR count). The Bertz CT molecular complexity index is 989. The van der Waals surface area contributed by atoms with Gasteiger partial charge in [-0.05, 0) is 36.3 Å². The third-order valence-electron chi connectivity index (χ3n) is 4.63. The first-order valence-electron chi connectivity index (χ1n) is 9.26. The summed E-state index contributed by atoms with van der Waals surface area (Å²) in [6, 6.07) is 17.3. The van der Waals surface area contributed by atoms with Crippen LogP contribution in [0.2, 0.25) is 0 Å². The van der Waals surface area contributed by atoms with Gasteiger partial charge in [-0.3, -0.25) is 4.79 Å². The van der Waals surface area contributed by atoms with Crippen molar-refractivity contribution in [1.29, 1.82) is 0 Å². The molecule has 0 fully saturated rings. The average molecular weight is 389 g/mol. The summed E-state index contributed by atoms with van der Waals surface area (Å²) in [6.07, 6.45) is 3.31. The summed E-state index contributed by atoms with van der Waals surface area (Å²) < 4.78 is 10.8. The van der Waals surface area contributed by atoms with Crippen molar-refractivity contribution in [3.63, 3.8) is 0 Å². The zero-order valence-corrected chi connectivity index (χ0v) is 16.6. The van der Waals surface area contributed by atoms with Crippen LogP contribution in [0.15, 0.2) is 84.1 Å². The van der Waals surface area contributed by atoms with Crippen LogP contribution in [-0.2, 0) is 20.9 Å². The average Bonchev–Trinajstić information content (AvgIpc) is 2.97. The van der Waals surface area contributed by atoms with Gasteiger partial charge >= 0.3 is 5.97 Å². The van der Waals surface area contributed by atoms with Crippen molar-refractivity contribution < 1.29 is 19.1 Å². The molecule has 0 aromatic heterocycles. The summed E-state index contributed by atoms with van der Waals surface area (Å²) in [5.41, 5.74) is 2.96. The van der Waals surface area contributed by atoms with Crippen LogP contribution in [0, 0.1) is 0 Å². The van der Waals surface area contributed by atoms with E-state index in [1.165, 1.54) is 12.0 Å². The highest BCUT2D eigenvalue weighted by Crippen LogP contribution is 2.32. The normalized spacial score (nSPS) is 15.0. The molecule has 5 nitrogen and oxygen atoms in total. The summed E-state index contributed by atoms with van der Waals surface area (Å²) in [4.78, 5) is 26.7. The predicted molar refractivity (Wildman–Crippen MR) is 112 cm³/mol. The van der Waals surface area contributed by atoms with Gasteiger partial charge in [0, 0.05) is 12.2 Å².